The Kier molecular flexibility index (Phi) is 4.45. The Morgan fingerprint density at radius 1 is 1.21 bits per heavy atom. The van der Waals surface area contributed by atoms with E-state index in [1.807, 2.05) is 12.1 Å². The molecule has 0 unspecified atom stereocenters. The number of anilines is 1. The highest BCUT2D eigenvalue weighted by atomic mass is 79.9. The summed E-state index contributed by atoms with van der Waals surface area (Å²) in [5.41, 5.74) is 7.81. The summed E-state index contributed by atoms with van der Waals surface area (Å²) >= 11 is 9.21. The van der Waals surface area contributed by atoms with E-state index in [4.69, 9.17) is 17.3 Å². The van der Waals surface area contributed by atoms with Crippen LogP contribution >= 0.6 is 27.5 Å². The van der Waals surface area contributed by atoms with E-state index in [2.05, 4.69) is 21.2 Å². The summed E-state index contributed by atoms with van der Waals surface area (Å²) in [6.45, 7) is 0.448. The van der Waals surface area contributed by atoms with Gasteiger partial charge in [-0.2, -0.15) is 0 Å². The van der Waals surface area contributed by atoms with Crippen LogP contribution < -0.4 is 11.1 Å². The zero-order valence-corrected chi connectivity index (χ0v) is 12.3. The van der Waals surface area contributed by atoms with Crippen LogP contribution in [0.25, 0.3) is 0 Å². The van der Waals surface area contributed by atoms with E-state index in [-0.39, 0.29) is 5.91 Å². The van der Waals surface area contributed by atoms with Gasteiger partial charge in [-0.25, -0.2) is 0 Å². The Labute approximate surface area is 124 Å². The lowest BCUT2D eigenvalue weighted by Crippen LogP contribution is -2.22. The molecule has 2 aromatic rings. The highest BCUT2D eigenvalue weighted by Crippen LogP contribution is 2.19. The fourth-order valence-corrected chi connectivity index (χ4v) is 2.46. The molecule has 5 heteroatoms. The third-order valence-electron chi connectivity index (χ3n) is 2.56. The molecule has 1 amide bonds. The van der Waals surface area contributed by atoms with Crippen molar-refractivity contribution in [3.8, 4) is 0 Å². The molecule has 0 saturated heterocycles. The molecule has 0 radical (unpaired) electrons. The van der Waals surface area contributed by atoms with E-state index >= 15 is 0 Å². The van der Waals surface area contributed by atoms with Crippen LogP contribution in [-0.4, -0.2) is 5.91 Å². The van der Waals surface area contributed by atoms with Crippen LogP contribution in [0, 0.1) is 0 Å². The van der Waals surface area contributed by atoms with Gasteiger partial charge in [0.25, 0.3) is 5.91 Å². The fourth-order valence-electron chi connectivity index (χ4n) is 1.60. The summed E-state index contributed by atoms with van der Waals surface area (Å²) in [6, 6.07) is 12.5. The lowest BCUT2D eigenvalue weighted by Gasteiger charge is -2.06. The molecule has 0 heterocycles. The molecule has 0 spiro atoms. The molecule has 2 aromatic carbocycles. The number of rotatable bonds is 3. The Morgan fingerprint density at radius 3 is 2.53 bits per heavy atom. The van der Waals surface area contributed by atoms with Gasteiger partial charge in [0.1, 0.15) is 0 Å². The molecule has 0 atom stereocenters. The predicted octanol–water partition coefficient (Wildman–Crippen LogP) is 3.61. The van der Waals surface area contributed by atoms with Gasteiger partial charge in [0.15, 0.2) is 0 Å². The number of hydrogen-bond acceptors (Lipinski definition) is 2. The zero-order valence-electron chi connectivity index (χ0n) is 9.99. The summed E-state index contributed by atoms with van der Waals surface area (Å²) in [5.74, 6) is -0.167. The number of carbonyl (C=O) groups excluding carboxylic acids is 1. The van der Waals surface area contributed by atoms with Gasteiger partial charge in [-0.15, -0.1) is 0 Å². The number of amides is 1. The van der Waals surface area contributed by atoms with Crippen molar-refractivity contribution >= 4 is 39.1 Å². The summed E-state index contributed by atoms with van der Waals surface area (Å²) in [6.07, 6.45) is 0. The van der Waals surface area contributed by atoms with Crippen LogP contribution in [0.4, 0.5) is 5.69 Å². The van der Waals surface area contributed by atoms with Gasteiger partial charge in [-0.1, -0.05) is 39.7 Å². The van der Waals surface area contributed by atoms with E-state index in [0.717, 1.165) is 10.0 Å². The van der Waals surface area contributed by atoms with Crippen molar-refractivity contribution in [2.24, 2.45) is 0 Å². The quantitative estimate of drug-likeness (QED) is 0.839. The average Bonchev–Trinajstić information content (AvgIpc) is 2.36. The summed E-state index contributed by atoms with van der Waals surface area (Å²) < 4.78 is 0.776. The molecule has 2 rings (SSSR count). The van der Waals surface area contributed by atoms with Crippen molar-refractivity contribution in [3.63, 3.8) is 0 Å². The number of nitrogen functional groups attached to an aromatic ring is 1. The van der Waals surface area contributed by atoms with Gasteiger partial charge in [-0.05, 0) is 35.9 Å². The SMILES string of the molecule is Nc1ccc(CNC(=O)c2cc(Cl)cc(Br)c2)cc1. The van der Waals surface area contributed by atoms with Crippen LogP contribution in [0.1, 0.15) is 15.9 Å². The van der Waals surface area contributed by atoms with Gasteiger partial charge >= 0.3 is 0 Å². The Hall–Kier alpha value is -1.52. The monoisotopic (exact) mass is 338 g/mol. The van der Waals surface area contributed by atoms with Crippen molar-refractivity contribution in [2.45, 2.75) is 6.54 Å². The lowest BCUT2D eigenvalue weighted by atomic mass is 10.2. The summed E-state index contributed by atoms with van der Waals surface area (Å²) in [7, 11) is 0. The van der Waals surface area contributed by atoms with Gasteiger partial charge in [-0.3, -0.25) is 4.79 Å². The van der Waals surface area contributed by atoms with Crippen molar-refractivity contribution in [3.05, 3.63) is 63.1 Å². The standard InChI is InChI=1S/C14H12BrClN2O/c15-11-5-10(6-12(16)7-11)14(19)18-8-9-1-3-13(17)4-2-9/h1-7H,8,17H2,(H,18,19). The van der Waals surface area contributed by atoms with Crippen molar-refractivity contribution < 1.29 is 4.79 Å². The van der Waals surface area contributed by atoms with Gasteiger partial charge in [0.05, 0.1) is 0 Å². The normalized spacial score (nSPS) is 10.2. The molecule has 0 aromatic heterocycles. The largest absolute Gasteiger partial charge is 0.399 e. The lowest BCUT2D eigenvalue weighted by molar-refractivity contribution is 0.0951. The molecular formula is C14H12BrClN2O. The maximum atomic E-state index is 12.0. The van der Waals surface area contributed by atoms with E-state index in [9.17, 15) is 4.79 Å². The van der Waals surface area contributed by atoms with E-state index in [1.165, 1.54) is 0 Å². The predicted molar refractivity (Wildman–Crippen MR) is 81.2 cm³/mol. The topological polar surface area (TPSA) is 55.1 Å². The van der Waals surface area contributed by atoms with Crippen LogP contribution in [-0.2, 0) is 6.54 Å². The van der Waals surface area contributed by atoms with Crippen LogP contribution in [0.2, 0.25) is 5.02 Å². The summed E-state index contributed by atoms with van der Waals surface area (Å²) in [5, 5.41) is 3.35. The number of halogens is 2. The van der Waals surface area contributed by atoms with Crippen molar-refractivity contribution in [2.75, 3.05) is 5.73 Å². The van der Waals surface area contributed by atoms with E-state index in [1.54, 1.807) is 30.3 Å². The third-order valence-corrected chi connectivity index (χ3v) is 3.23. The van der Waals surface area contributed by atoms with Crippen LogP contribution in [0.15, 0.2) is 46.9 Å². The molecule has 19 heavy (non-hydrogen) atoms. The molecule has 0 bridgehead atoms. The van der Waals surface area contributed by atoms with Crippen LogP contribution in [0.3, 0.4) is 0 Å². The average molecular weight is 340 g/mol. The molecular weight excluding hydrogens is 328 g/mol. The molecule has 3 nitrogen and oxygen atoms in total. The smallest absolute Gasteiger partial charge is 0.251 e. The minimum absolute atomic E-state index is 0.167. The van der Waals surface area contributed by atoms with E-state index < -0.39 is 0 Å². The van der Waals surface area contributed by atoms with Crippen molar-refractivity contribution in [1.82, 2.24) is 5.32 Å². The number of benzene rings is 2. The second-order valence-corrected chi connectivity index (χ2v) is 5.43. The number of nitrogens with two attached hydrogens (primary N) is 1. The first-order chi connectivity index (χ1) is 9.04. The molecule has 0 saturated carbocycles. The number of nitrogens with one attached hydrogen (secondary N) is 1. The van der Waals surface area contributed by atoms with Crippen LogP contribution in [0.5, 0.6) is 0 Å². The Bertz CT molecular complexity index is 579. The van der Waals surface area contributed by atoms with Gasteiger partial charge in [0, 0.05) is 27.3 Å². The van der Waals surface area contributed by atoms with Gasteiger partial charge in [0.2, 0.25) is 0 Å². The number of carbonyl (C=O) groups is 1. The molecule has 0 aliphatic carbocycles. The minimum atomic E-state index is -0.167. The maximum Gasteiger partial charge on any atom is 0.251 e. The first-order valence-corrected chi connectivity index (χ1v) is 6.80. The zero-order chi connectivity index (χ0) is 13.8. The molecule has 0 aliphatic rings. The molecule has 98 valence electrons. The Balaban J connectivity index is 2.03. The molecule has 3 N–H and O–H groups in total. The third kappa shape index (κ3) is 3.98. The second-order valence-electron chi connectivity index (χ2n) is 4.08. The fraction of sp³-hybridized carbons (Fsp3) is 0.0714. The Morgan fingerprint density at radius 2 is 1.89 bits per heavy atom. The highest BCUT2D eigenvalue weighted by Gasteiger charge is 2.07. The molecule has 0 aliphatic heterocycles. The maximum absolute atomic E-state index is 12.0. The minimum Gasteiger partial charge on any atom is -0.399 e. The second kappa shape index (κ2) is 6.08. The summed E-state index contributed by atoms with van der Waals surface area (Å²) in [4.78, 5) is 12.0. The van der Waals surface area contributed by atoms with Gasteiger partial charge < -0.3 is 11.1 Å². The first-order valence-electron chi connectivity index (χ1n) is 5.63. The molecule has 0 fully saturated rings. The van der Waals surface area contributed by atoms with Crippen molar-refractivity contribution in [1.29, 1.82) is 0 Å². The highest BCUT2D eigenvalue weighted by molar-refractivity contribution is 9.10. The number of hydrogen-bond donors (Lipinski definition) is 2. The van der Waals surface area contributed by atoms with E-state index in [0.29, 0.717) is 22.8 Å². The first kappa shape index (κ1) is 13.9.